The van der Waals surface area contributed by atoms with Gasteiger partial charge >= 0.3 is 37.7 Å². The van der Waals surface area contributed by atoms with Crippen molar-refractivity contribution in [3.8, 4) is 0 Å². The van der Waals surface area contributed by atoms with Crippen LogP contribution in [0.4, 0.5) is 0 Å². The van der Waals surface area contributed by atoms with E-state index in [1.54, 1.807) is 0 Å². The van der Waals surface area contributed by atoms with Crippen LogP contribution in [0, 0.1) is 5.92 Å². The van der Waals surface area contributed by atoms with Crippen LogP contribution in [0.15, 0.2) is 0 Å². The van der Waals surface area contributed by atoms with E-state index in [0.717, 1.165) is 6.42 Å². The average molecular weight is 296 g/mol. The van der Waals surface area contributed by atoms with Crippen LogP contribution in [-0.2, 0) is 21.1 Å². The molecule has 0 rings (SSSR count). The van der Waals surface area contributed by atoms with Crippen molar-refractivity contribution in [1.29, 1.82) is 0 Å². The maximum absolute atomic E-state index is 11.3. The van der Waals surface area contributed by atoms with Crippen LogP contribution in [0.25, 0.3) is 0 Å². The first kappa shape index (κ1) is 25.1. The quantitative estimate of drug-likeness (QED) is 0.249. The molecule has 1 amide bonds. The van der Waals surface area contributed by atoms with Gasteiger partial charge in [0, 0.05) is 25.6 Å². The first-order valence-corrected chi connectivity index (χ1v) is 8.07. The molecule has 0 saturated heterocycles. The Bertz CT molecular complexity index is 281. The summed E-state index contributed by atoms with van der Waals surface area (Å²) in [7, 11) is 0. The monoisotopic (exact) mass is 296 g/mol. The SMILES string of the molecule is CC[C@H](C)C(=O)NCCNCCOP([O-])([O-])=S.[Li+].[Li+]. The van der Waals surface area contributed by atoms with E-state index in [4.69, 9.17) is 0 Å². The third-order valence-corrected chi connectivity index (χ3v) is 3.00. The van der Waals surface area contributed by atoms with Crippen molar-refractivity contribution in [3.63, 3.8) is 0 Å². The third-order valence-electron chi connectivity index (χ3n) is 2.19. The Kier molecular flexibility index (Phi) is 18.7. The Hall–Kier alpha value is 1.15. The van der Waals surface area contributed by atoms with Crippen molar-refractivity contribution in [2.24, 2.45) is 5.92 Å². The molecule has 0 radical (unpaired) electrons. The van der Waals surface area contributed by atoms with Crippen molar-refractivity contribution < 1.29 is 56.8 Å². The summed E-state index contributed by atoms with van der Waals surface area (Å²) in [6, 6.07) is 0. The first-order chi connectivity index (χ1) is 7.87. The van der Waals surface area contributed by atoms with Gasteiger partial charge in [-0.25, -0.2) is 0 Å². The number of hydrogen-bond donors (Lipinski definition) is 2. The van der Waals surface area contributed by atoms with Crippen molar-refractivity contribution in [1.82, 2.24) is 10.6 Å². The number of rotatable bonds is 9. The molecular formula is C9H19Li2N2O4PS. The Morgan fingerprint density at radius 3 is 2.37 bits per heavy atom. The van der Waals surface area contributed by atoms with Gasteiger partial charge in [-0.1, -0.05) is 20.6 Å². The van der Waals surface area contributed by atoms with E-state index in [9.17, 15) is 14.6 Å². The Balaban J connectivity index is -0.00000128. The van der Waals surface area contributed by atoms with Gasteiger partial charge in [0.15, 0.2) is 0 Å². The van der Waals surface area contributed by atoms with Crippen LogP contribution in [-0.4, -0.2) is 32.1 Å². The third kappa shape index (κ3) is 17.1. The number of carbonyl (C=O) groups excluding carboxylic acids is 1. The average Bonchev–Trinajstić information content (AvgIpc) is 2.24. The minimum absolute atomic E-state index is 0. The van der Waals surface area contributed by atoms with E-state index >= 15 is 0 Å². The Morgan fingerprint density at radius 1 is 1.32 bits per heavy atom. The molecule has 0 unspecified atom stereocenters. The molecule has 0 heterocycles. The molecule has 0 aliphatic heterocycles. The van der Waals surface area contributed by atoms with Gasteiger partial charge in [0.2, 0.25) is 5.91 Å². The normalized spacial score (nSPS) is 12.0. The summed E-state index contributed by atoms with van der Waals surface area (Å²) in [5.74, 6) is 0.0464. The second-order valence-electron chi connectivity index (χ2n) is 3.63. The van der Waals surface area contributed by atoms with E-state index in [0.29, 0.717) is 19.6 Å². The fourth-order valence-corrected chi connectivity index (χ4v) is 1.53. The predicted octanol–water partition coefficient (Wildman–Crippen LogP) is -7.29. The maximum atomic E-state index is 11.3. The zero-order valence-corrected chi connectivity index (χ0v) is 13.8. The molecule has 0 aromatic heterocycles. The summed E-state index contributed by atoms with van der Waals surface area (Å²) in [4.78, 5) is 32.2. The second-order valence-corrected chi connectivity index (χ2v) is 6.13. The molecule has 0 aliphatic carbocycles. The molecule has 0 spiro atoms. The summed E-state index contributed by atoms with van der Waals surface area (Å²) < 4.78 is 4.38. The van der Waals surface area contributed by atoms with Crippen LogP contribution in [0.1, 0.15) is 20.3 Å². The number of nitrogens with one attached hydrogen (secondary N) is 2. The van der Waals surface area contributed by atoms with Gasteiger partial charge in [0.1, 0.15) is 0 Å². The maximum Gasteiger partial charge on any atom is 1.00 e. The molecule has 0 aliphatic rings. The minimum Gasteiger partial charge on any atom is -0.812 e. The van der Waals surface area contributed by atoms with Gasteiger partial charge in [-0.3, -0.25) is 4.79 Å². The van der Waals surface area contributed by atoms with Crippen molar-refractivity contribution >= 4 is 24.4 Å². The molecule has 10 heteroatoms. The standard InChI is InChI=1S/C9H21N2O4PS.2Li/c1-3-8(2)9(12)11-5-4-10-6-7-15-16(13,14)17;;/h8,10H,3-7H2,1-2H3,(H,11,12)(H2,13,14,17);;/q;2*+1/p-2/t8-;;/m0../s1. The molecule has 0 aromatic carbocycles. The molecular weight excluding hydrogens is 277 g/mol. The van der Waals surface area contributed by atoms with Crippen LogP contribution >= 0.6 is 6.72 Å². The first-order valence-electron chi connectivity index (χ1n) is 5.52. The molecule has 0 aromatic rings. The van der Waals surface area contributed by atoms with Gasteiger partial charge in [0.25, 0.3) is 0 Å². The van der Waals surface area contributed by atoms with E-state index in [1.807, 2.05) is 13.8 Å². The molecule has 2 N–H and O–H groups in total. The van der Waals surface area contributed by atoms with Crippen molar-refractivity contribution in [3.05, 3.63) is 0 Å². The summed E-state index contributed by atoms with van der Waals surface area (Å²) in [5, 5.41) is 5.69. The molecule has 0 bridgehead atoms. The van der Waals surface area contributed by atoms with E-state index < -0.39 is 6.72 Å². The second kappa shape index (κ2) is 14.1. The Morgan fingerprint density at radius 2 is 1.89 bits per heavy atom. The van der Waals surface area contributed by atoms with Crippen molar-refractivity contribution in [2.45, 2.75) is 20.3 Å². The smallest absolute Gasteiger partial charge is 0.812 e. The largest absolute Gasteiger partial charge is 1.00 e. The summed E-state index contributed by atoms with van der Waals surface area (Å²) in [6.45, 7) is 1.25. The number of carbonyl (C=O) groups is 1. The summed E-state index contributed by atoms with van der Waals surface area (Å²) in [5.41, 5.74) is 0. The number of amides is 1. The minimum atomic E-state index is -4.03. The van der Waals surface area contributed by atoms with E-state index in [-0.39, 0.29) is 56.2 Å². The summed E-state index contributed by atoms with van der Waals surface area (Å²) in [6.07, 6.45) is 0.810. The van der Waals surface area contributed by atoms with E-state index in [1.165, 1.54) is 0 Å². The molecule has 0 saturated carbocycles. The fourth-order valence-electron chi connectivity index (χ4n) is 0.988. The molecule has 6 nitrogen and oxygen atoms in total. The van der Waals surface area contributed by atoms with Crippen LogP contribution in [0.2, 0.25) is 0 Å². The van der Waals surface area contributed by atoms with Gasteiger partial charge in [-0.2, -0.15) is 0 Å². The zero-order valence-electron chi connectivity index (χ0n) is 12.1. The molecule has 19 heavy (non-hydrogen) atoms. The van der Waals surface area contributed by atoms with Crippen LogP contribution in [0.5, 0.6) is 0 Å². The number of hydrogen-bond acceptors (Lipinski definition) is 6. The van der Waals surface area contributed by atoms with Crippen molar-refractivity contribution in [2.75, 3.05) is 26.2 Å². The van der Waals surface area contributed by atoms with E-state index in [2.05, 4.69) is 27.0 Å². The zero-order chi connectivity index (χ0) is 13.3. The van der Waals surface area contributed by atoms with Crippen LogP contribution in [0.3, 0.4) is 0 Å². The fraction of sp³-hybridized carbons (Fsp3) is 0.889. The van der Waals surface area contributed by atoms with Gasteiger partial charge in [-0.05, 0) is 6.42 Å². The van der Waals surface area contributed by atoms with Gasteiger partial charge < -0.3 is 24.9 Å². The molecule has 1 atom stereocenters. The van der Waals surface area contributed by atoms with Gasteiger partial charge in [-0.15, -0.1) is 11.8 Å². The predicted molar refractivity (Wildman–Crippen MR) is 65.6 cm³/mol. The molecule has 102 valence electrons. The van der Waals surface area contributed by atoms with Gasteiger partial charge in [0.05, 0.1) is 6.61 Å². The molecule has 0 fully saturated rings. The Labute approximate surface area is 144 Å². The van der Waals surface area contributed by atoms with Crippen LogP contribution < -0.4 is 58.1 Å². The topological polar surface area (TPSA) is 96.5 Å². The summed E-state index contributed by atoms with van der Waals surface area (Å²) >= 11 is 4.05.